The molecule has 94 valence electrons. The van der Waals surface area contributed by atoms with E-state index in [0.717, 1.165) is 5.56 Å². The Hall–Kier alpha value is -1.10. The molecule has 3 atom stereocenters. The van der Waals surface area contributed by atoms with Crippen LogP contribution in [0.3, 0.4) is 0 Å². The Labute approximate surface area is 100 Å². The van der Waals surface area contributed by atoms with Gasteiger partial charge in [0.05, 0.1) is 11.7 Å². The normalized spacial score (nSPS) is 25.3. The van der Waals surface area contributed by atoms with Crippen molar-refractivity contribution in [2.75, 3.05) is 0 Å². The lowest BCUT2D eigenvalue weighted by atomic mass is 9.93. The van der Waals surface area contributed by atoms with E-state index < -0.39 is 23.9 Å². The van der Waals surface area contributed by atoms with Gasteiger partial charge in [-0.3, -0.25) is 0 Å². The zero-order valence-corrected chi connectivity index (χ0v) is 10.2. The second-order valence-electron chi connectivity index (χ2n) is 5.11. The van der Waals surface area contributed by atoms with Gasteiger partial charge in [-0.1, -0.05) is 6.07 Å². The summed E-state index contributed by atoms with van der Waals surface area (Å²) in [5.41, 5.74) is 0.224. The Morgan fingerprint density at radius 1 is 1.35 bits per heavy atom. The predicted molar refractivity (Wildman–Crippen MR) is 62.7 cm³/mol. The zero-order valence-electron chi connectivity index (χ0n) is 10.2. The summed E-state index contributed by atoms with van der Waals surface area (Å²) < 4.78 is 5.54. The molecular weight excluding hydrogens is 220 g/mol. The van der Waals surface area contributed by atoms with Gasteiger partial charge < -0.3 is 20.1 Å². The Morgan fingerprint density at radius 2 is 2.00 bits per heavy atom. The summed E-state index contributed by atoms with van der Waals surface area (Å²) in [7, 11) is 0. The molecule has 3 N–H and O–H groups in total. The predicted octanol–water partition coefficient (Wildman–Crippen LogP) is 1.31. The van der Waals surface area contributed by atoms with Gasteiger partial charge in [0.2, 0.25) is 0 Å². The molecule has 0 aromatic heterocycles. The molecule has 1 aromatic rings. The van der Waals surface area contributed by atoms with E-state index in [0.29, 0.717) is 11.3 Å². The number of ether oxygens (including phenoxy) is 1. The highest BCUT2D eigenvalue weighted by Gasteiger charge is 2.42. The summed E-state index contributed by atoms with van der Waals surface area (Å²) in [6.07, 6.45) is -2.14. The standard InChI is InChI=1S/C13H18O4/c1-7(14)8-4-5-10-9(6-8)11(15)12(17-10)13(2,3)16/h4-7,11-12,14-16H,1-3H3/t7-,11+,12-/m1/s1. The maximum Gasteiger partial charge on any atom is 0.157 e. The van der Waals surface area contributed by atoms with Gasteiger partial charge in [0.15, 0.2) is 6.10 Å². The highest BCUT2D eigenvalue weighted by Crippen LogP contribution is 2.41. The van der Waals surface area contributed by atoms with E-state index in [1.807, 2.05) is 0 Å². The van der Waals surface area contributed by atoms with Gasteiger partial charge in [-0.15, -0.1) is 0 Å². The van der Waals surface area contributed by atoms with Gasteiger partial charge in [-0.2, -0.15) is 0 Å². The third-order valence-electron chi connectivity index (χ3n) is 3.07. The number of hydrogen-bond donors (Lipinski definition) is 3. The van der Waals surface area contributed by atoms with Crippen LogP contribution in [0.2, 0.25) is 0 Å². The van der Waals surface area contributed by atoms with Crippen molar-refractivity contribution < 1.29 is 20.1 Å². The Balaban J connectivity index is 2.36. The molecule has 0 spiro atoms. The lowest BCUT2D eigenvalue weighted by Gasteiger charge is -2.27. The third kappa shape index (κ3) is 2.16. The van der Waals surface area contributed by atoms with E-state index in [-0.39, 0.29) is 0 Å². The molecule has 1 aromatic carbocycles. The molecule has 0 aliphatic carbocycles. The largest absolute Gasteiger partial charge is 0.484 e. The molecule has 0 saturated heterocycles. The summed E-state index contributed by atoms with van der Waals surface area (Å²) in [4.78, 5) is 0. The second-order valence-corrected chi connectivity index (χ2v) is 5.11. The van der Waals surface area contributed by atoms with Crippen LogP contribution in [0.25, 0.3) is 0 Å². The second kappa shape index (κ2) is 3.98. The van der Waals surface area contributed by atoms with E-state index in [4.69, 9.17) is 4.74 Å². The topological polar surface area (TPSA) is 69.9 Å². The molecule has 0 bridgehead atoms. The maximum absolute atomic E-state index is 10.1. The number of rotatable bonds is 2. The summed E-state index contributed by atoms with van der Waals surface area (Å²) >= 11 is 0. The van der Waals surface area contributed by atoms with Crippen molar-refractivity contribution in [1.29, 1.82) is 0 Å². The molecule has 4 nitrogen and oxygen atoms in total. The van der Waals surface area contributed by atoms with Crippen LogP contribution in [0.1, 0.15) is 44.1 Å². The van der Waals surface area contributed by atoms with Crippen LogP contribution in [0.15, 0.2) is 18.2 Å². The van der Waals surface area contributed by atoms with Crippen molar-refractivity contribution in [2.24, 2.45) is 0 Å². The molecule has 0 saturated carbocycles. The molecule has 0 fully saturated rings. The third-order valence-corrected chi connectivity index (χ3v) is 3.07. The minimum Gasteiger partial charge on any atom is -0.484 e. The van der Waals surface area contributed by atoms with Crippen LogP contribution in [0.5, 0.6) is 5.75 Å². The van der Waals surface area contributed by atoms with Gasteiger partial charge >= 0.3 is 0 Å². The zero-order chi connectivity index (χ0) is 12.8. The highest BCUT2D eigenvalue weighted by atomic mass is 16.5. The van der Waals surface area contributed by atoms with Gasteiger partial charge in [0.25, 0.3) is 0 Å². The number of benzene rings is 1. The summed E-state index contributed by atoms with van der Waals surface area (Å²) in [5.74, 6) is 0.564. The van der Waals surface area contributed by atoms with Crippen molar-refractivity contribution in [3.63, 3.8) is 0 Å². The van der Waals surface area contributed by atoms with E-state index >= 15 is 0 Å². The maximum atomic E-state index is 10.1. The van der Waals surface area contributed by atoms with Crippen LogP contribution >= 0.6 is 0 Å². The molecule has 4 heteroatoms. The fourth-order valence-corrected chi connectivity index (χ4v) is 2.06. The van der Waals surface area contributed by atoms with Crippen LogP contribution in [-0.4, -0.2) is 27.0 Å². The average Bonchev–Trinajstić information content (AvgIpc) is 2.55. The summed E-state index contributed by atoms with van der Waals surface area (Å²) in [6, 6.07) is 5.19. The van der Waals surface area contributed by atoms with E-state index in [1.54, 1.807) is 39.0 Å². The Kier molecular flexibility index (Phi) is 2.89. The monoisotopic (exact) mass is 238 g/mol. The minimum absolute atomic E-state index is 0.564. The fourth-order valence-electron chi connectivity index (χ4n) is 2.06. The van der Waals surface area contributed by atoms with Gasteiger partial charge in [-0.25, -0.2) is 0 Å². The van der Waals surface area contributed by atoms with E-state index in [1.165, 1.54) is 0 Å². The van der Waals surface area contributed by atoms with Gasteiger partial charge in [-0.05, 0) is 38.5 Å². The van der Waals surface area contributed by atoms with Crippen molar-refractivity contribution in [3.8, 4) is 5.75 Å². The average molecular weight is 238 g/mol. The first-order valence-corrected chi connectivity index (χ1v) is 5.69. The lowest BCUT2D eigenvalue weighted by Crippen LogP contribution is -2.41. The number of aliphatic hydroxyl groups is 3. The van der Waals surface area contributed by atoms with Crippen molar-refractivity contribution in [3.05, 3.63) is 29.3 Å². The first-order chi connectivity index (χ1) is 7.80. The fraction of sp³-hybridized carbons (Fsp3) is 0.538. The van der Waals surface area contributed by atoms with Crippen molar-refractivity contribution in [1.82, 2.24) is 0 Å². The van der Waals surface area contributed by atoms with Crippen LogP contribution in [-0.2, 0) is 0 Å². The molecule has 0 radical (unpaired) electrons. The Bertz CT molecular complexity index is 420. The molecular formula is C13H18O4. The van der Waals surface area contributed by atoms with E-state index in [2.05, 4.69) is 0 Å². The molecule has 0 amide bonds. The molecule has 1 heterocycles. The Morgan fingerprint density at radius 3 is 2.53 bits per heavy atom. The first-order valence-electron chi connectivity index (χ1n) is 5.69. The molecule has 1 aliphatic rings. The quantitative estimate of drug-likeness (QED) is 0.726. The molecule has 17 heavy (non-hydrogen) atoms. The molecule has 2 rings (SSSR count). The van der Waals surface area contributed by atoms with Gasteiger partial charge in [0, 0.05) is 5.56 Å². The molecule has 0 unspecified atom stereocenters. The summed E-state index contributed by atoms with van der Waals surface area (Å²) in [5, 5.41) is 29.5. The molecule has 1 aliphatic heterocycles. The lowest BCUT2D eigenvalue weighted by molar-refractivity contribution is -0.0762. The number of fused-ring (bicyclic) bond motifs is 1. The number of aliphatic hydroxyl groups excluding tert-OH is 2. The van der Waals surface area contributed by atoms with Gasteiger partial charge in [0.1, 0.15) is 11.9 Å². The summed E-state index contributed by atoms with van der Waals surface area (Å²) in [6.45, 7) is 4.86. The van der Waals surface area contributed by atoms with Crippen LogP contribution < -0.4 is 4.74 Å². The SMILES string of the molecule is C[C@@H](O)c1ccc2c(c1)[C@H](O)[C@H](C(C)(C)O)O2. The van der Waals surface area contributed by atoms with Crippen LogP contribution in [0, 0.1) is 0 Å². The van der Waals surface area contributed by atoms with Crippen LogP contribution in [0.4, 0.5) is 0 Å². The van der Waals surface area contributed by atoms with E-state index in [9.17, 15) is 15.3 Å². The minimum atomic E-state index is -1.12. The first kappa shape index (κ1) is 12.4. The number of hydrogen-bond acceptors (Lipinski definition) is 4. The van der Waals surface area contributed by atoms with Crippen molar-refractivity contribution in [2.45, 2.75) is 44.7 Å². The smallest absolute Gasteiger partial charge is 0.157 e. The highest BCUT2D eigenvalue weighted by molar-refractivity contribution is 5.43. The van der Waals surface area contributed by atoms with Crippen molar-refractivity contribution >= 4 is 0 Å².